The highest BCUT2D eigenvalue weighted by Crippen LogP contribution is 2.31. The van der Waals surface area contributed by atoms with Crippen molar-refractivity contribution >= 4 is 17.8 Å². The monoisotopic (exact) mass is 409 g/mol. The van der Waals surface area contributed by atoms with Gasteiger partial charge in [-0.05, 0) is 43.7 Å². The molecule has 0 radical (unpaired) electrons. The third-order valence-electron chi connectivity index (χ3n) is 4.61. The van der Waals surface area contributed by atoms with Gasteiger partial charge in [-0.25, -0.2) is 4.99 Å². The van der Waals surface area contributed by atoms with Gasteiger partial charge in [-0.3, -0.25) is 20.2 Å². The van der Waals surface area contributed by atoms with Gasteiger partial charge in [0.05, 0.1) is 25.7 Å². The number of nitrogens with zero attached hydrogens (tertiary/aromatic N) is 1. The van der Waals surface area contributed by atoms with Crippen LogP contribution in [0.4, 0.5) is 0 Å². The molecule has 30 heavy (non-hydrogen) atoms. The molecular weight excluding hydrogens is 382 g/mol. The Morgan fingerprint density at radius 3 is 2.63 bits per heavy atom. The summed E-state index contributed by atoms with van der Waals surface area (Å²) >= 11 is 0. The van der Waals surface area contributed by atoms with E-state index in [1.165, 1.54) is 0 Å². The zero-order chi connectivity index (χ0) is 21.3. The minimum Gasteiger partial charge on any atom is -0.494 e. The normalized spacial score (nSPS) is 15.7. The van der Waals surface area contributed by atoms with E-state index in [0.29, 0.717) is 24.5 Å². The Hall–Kier alpha value is -3.35. The summed E-state index contributed by atoms with van der Waals surface area (Å²) in [6.45, 7) is 5.17. The number of nitrogens with one attached hydrogen (secondary N) is 2. The van der Waals surface area contributed by atoms with E-state index in [0.717, 1.165) is 24.2 Å². The van der Waals surface area contributed by atoms with Gasteiger partial charge in [0, 0.05) is 11.1 Å². The first-order chi connectivity index (χ1) is 14.6. The standard InChI is InChI=1S/C23H27N3O4/c1-3-5-14-30-17-12-10-16(11-13-17)22(28)26-23-24-19(15-21(27)25-23)18-8-6-7-9-20(18)29-4-2/h6-13,19H,3-5,14-15H2,1-2H3,(H2,24,25,26,27,28)/t19-/m0/s1. The second-order valence-corrected chi connectivity index (χ2v) is 6.90. The van der Waals surface area contributed by atoms with E-state index in [1.807, 2.05) is 31.2 Å². The summed E-state index contributed by atoms with van der Waals surface area (Å²) < 4.78 is 11.3. The number of hydrogen-bond donors (Lipinski definition) is 2. The predicted octanol–water partition coefficient (Wildman–Crippen LogP) is 3.61. The molecule has 2 aromatic carbocycles. The van der Waals surface area contributed by atoms with E-state index in [4.69, 9.17) is 9.47 Å². The third kappa shape index (κ3) is 5.59. The summed E-state index contributed by atoms with van der Waals surface area (Å²) in [4.78, 5) is 29.3. The number of aliphatic imine (C=N–C) groups is 1. The number of rotatable bonds is 8. The van der Waals surface area contributed by atoms with Crippen LogP contribution in [-0.4, -0.2) is 31.0 Å². The fraction of sp³-hybridized carbons (Fsp3) is 0.348. The van der Waals surface area contributed by atoms with E-state index < -0.39 is 6.04 Å². The molecule has 2 amide bonds. The van der Waals surface area contributed by atoms with Crippen molar-refractivity contribution in [2.75, 3.05) is 13.2 Å². The molecule has 0 aromatic heterocycles. The number of para-hydroxylation sites is 1. The first-order valence-electron chi connectivity index (χ1n) is 10.2. The Kier molecular flexibility index (Phi) is 7.43. The SMILES string of the molecule is CCCCOc1ccc(C(=O)NC2=N[C@H](c3ccccc3OCC)CC(=O)N2)cc1. The highest BCUT2D eigenvalue weighted by molar-refractivity contribution is 6.10. The summed E-state index contributed by atoms with van der Waals surface area (Å²) in [5, 5.41) is 5.31. The van der Waals surface area contributed by atoms with Gasteiger partial charge in [-0.1, -0.05) is 31.5 Å². The van der Waals surface area contributed by atoms with Crippen LogP contribution in [0.15, 0.2) is 53.5 Å². The van der Waals surface area contributed by atoms with Crippen LogP contribution in [-0.2, 0) is 4.79 Å². The summed E-state index contributed by atoms with van der Waals surface area (Å²) in [5.74, 6) is 0.976. The number of ether oxygens (including phenoxy) is 2. The lowest BCUT2D eigenvalue weighted by Crippen LogP contribution is -2.47. The van der Waals surface area contributed by atoms with Crippen LogP contribution in [0, 0.1) is 0 Å². The maximum absolute atomic E-state index is 12.6. The highest BCUT2D eigenvalue weighted by atomic mass is 16.5. The molecule has 2 aromatic rings. The average Bonchev–Trinajstić information content (AvgIpc) is 2.74. The van der Waals surface area contributed by atoms with Crippen LogP contribution in [0.1, 0.15) is 55.1 Å². The van der Waals surface area contributed by atoms with Gasteiger partial charge < -0.3 is 9.47 Å². The number of amides is 2. The van der Waals surface area contributed by atoms with Crippen molar-refractivity contribution in [3.8, 4) is 11.5 Å². The van der Waals surface area contributed by atoms with Crippen molar-refractivity contribution in [1.82, 2.24) is 10.6 Å². The number of hydrogen-bond acceptors (Lipinski definition) is 5. The molecule has 0 aliphatic carbocycles. The van der Waals surface area contributed by atoms with Crippen LogP contribution >= 0.6 is 0 Å². The van der Waals surface area contributed by atoms with Crippen molar-refractivity contribution in [2.45, 2.75) is 39.2 Å². The quantitative estimate of drug-likeness (QED) is 0.652. The summed E-state index contributed by atoms with van der Waals surface area (Å²) in [6, 6.07) is 13.9. The van der Waals surface area contributed by atoms with E-state index in [1.54, 1.807) is 24.3 Å². The van der Waals surface area contributed by atoms with Crippen molar-refractivity contribution in [1.29, 1.82) is 0 Å². The zero-order valence-electron chi connectivity index (χ0n) is 17.3. The minimum absolute atomic E-state index is 0.135. The third-order valence-corrected chi connectivity index (χ3v) is 4.61. The molecular formula is C23H27N3O4. The molecule has 1 aliphatic heterocycles. The first kappa shape index (κ1) is 21.4. The van der Waals surface area contributed by atoms with Gasteiger partial charge in [0.15, 0.2) is 0 Å². The smallest absolute Gasteiger partial charge is 0.257 e. The highest BCUT2D eigenvalue weighted by Gasteiger charge is 2.26. The summed E-state index contributed by atoms with van der Waals surface area (Å²) in [6.07, 6.45) is 2.23. The Bertz CT molecular complexity index is 909. The molecule has 7 nitrogen and oxygen atoms in total. The number of carbonyl (C=O) groups excluding carboxylic acids is 2. The van der Waals surface area contributed by atoms with Crippen LogP contribution in [0.25, 0.3) is 0 Å². The van der Waals surface area contributed by atoms with Gasteiger partial charge in [0.1, 0.15) is 11.5 Å². The number of carbonyl (C=O) groups is 2. The predicted molar refractivity (Wildman–Crippen MR) is 115 cm³/mol. The van der Waals surface area contributed by atoms with E-state index in [-0.39, 0.29) is 24.2 Å². The Labute approximate surface area is 176 Å². The molecule has 0 saturated heterocycles. The van der Waals surface area contributed by atoms with E-state index in [9.17, 15) is 9.59 Å². The lowest BCUT2D eigenvalue weighted by atomic mass is 10.0. The van der Waals surface area contributed by atoms with Crippen LogP contribution in [0.2, 0.25) is 0 Å². The lowest BCUT2D eigenvalue weighted by Gasteiger charge is -2.23. The largest absolute Gasteiger partial charge is 0.494 e. The summed E-state index contributed by atoms with van der Waals surface area (Å²) in [7, 11) is 0. The molecule has 158 valence electrons. The molecule has 0 unspecified atom stereocenters. The Morgan fingerprint density at radius 2 is 1.90 bits per heavy atom. The number of unbranched alkanes of at least 4 members (excludes halogenated alkanes) is 1. The van der Waals surface area contributed by atoms with Crippen LogP contribution < -0.4 is 20.1 Å². The molecule has 1 aliphatic rings. The minimum atomic E-state index is -0.425. The van der Waals surface area contributed by atoms with Crippen molar-refractivity contribution in [2.24, 2.45) is 4.99 Å². The zero-order valence-corrected chi connectivity index (χ0v) is 17.3. The van der Waals surface area contributed by atoms with Crippen molar-refractivity contribution in [3.63, 3.8) is 0 Å². The molecule has 0 fully saturated rings. The molecule has 1 atom stereocenters. The fourth-order valence-electron chi connectivity index (χ4n) is 3.09. The van der Waals surface area contributed by atoms with Gasteiger partial charge in [0.25, 0.3) is 5.91 Å². The number of guanidine groups is 1. The lowest BCUT2D eigenvalue weighted by molar-refractivity contribution is -0.120. The van der Waals surface area contributed by atoms with Gasteiger partial charge >= 0.3 is 0 Å². The topological polar surface area (TPSA) is 89.0 Å². The van der Waals surface area contributed by atoms with Crippen LogP contribution in [0.3, 0.4) is 0 Å². The molecule has 3 rings (SSSR count). The molecule has 1 heterocycles. The Morgan fingerprint density at radius 1 is 1.13 bits per heavy atom. The molecule has 2 N–H and O–H groups in total. The number of benzene rings is 2. The van der Waals surface area contributed by atoms with Gasteiger partial charge in [-0.15, -0.1) is 0 Å². The average molecular weight is 409 g/mol. The van der Waals surface area contributed by atoms with Gasteiger partial charge in [-0.2, -0.15) is 0 Å². The van der Waals surface area contributed by atoms with E-state index in [2.05, 4.69) is 22.5 Å². The fourth-order valence-corrected chi connectivity index (χ4v) is 3.09. The summed E-state index contributed by atoms with van der Waals surface area (Å²) in [5.41, 5.74) is 1.26. The second-order valence-electron chi connectivity index (χ2n) is 6.90. The second kappa shape index (κ2) is 10.4. The maximum Gasteiger partial charge on any atom is 0.257 e. The van der Waals surface area contributed by atoms with Gasteiger partial charge in [0.2, 0.25) is 11.9 Å². The maximum atomic E-state index is 12.6. The van der Waals surface area contributed by atoms with E-state index >= 15 is 0 Å². The Balaban J connectivity index is 1.70. The molecule has 0 saturated carbocycles. The van der Waals surface area contributed by atoms with Crippen molar-refractivity contribution in [3.05, 3.63) is 59.7 Å². The first-order valence-corrected chi connectivity index (χ1v) is 10.2. The molecule has 0 bridgehead atoms. The molecule has 0 spiro atoms. The van der Waals surface area contributed by atoms with Crippen molar-refractivity contribution < 1.29 is 19.1 Å². The van der Waals surface area contributed by atoms with Crippen LogP contribution in [0.5, 0.6) is 11.5 Å². The molecule has 7 heteroatoms.